The summed E-state index contributed by atoms with van der Waals surface area (Å²) in [4.78, 5) is 27.1. The molecule has 1 atom stereocenters. The van der Waals surface area contributed by atoms with E-state index in [9.17, 15) is 9.59 Å². The monoisotopic (exact) mass is 457 g/mol. The van der Waals surface area contributed by atoms with Gasteiger partial charge in [0.25, 0.3) is 5.91 Å². The third-order valence-corrected chi connectivity index (χ3v) is 6.12. The first-order valence-corrected chi connectivity index (χ1v) is 10.9. The SMILES string of the molecule is COc1ccccc1NC(=O)N1CCC[C@@H]1c1nnc(C(=O)Nc2cccc(Cl)c2)s1. The number of anilines is 2. The number of amides is 3. The molecule has 2 N–H and O–H groups in total. The van der Waals surface area contributed by atoms with Crippen molar-refractivity contribution in [2.45, 2.75) is 18.9 Å². The number of halogens is 1. The first kappa shape index (κ1) is 21.1. The highest BCUT2D eigenvalue weighted by molar-refractivity contribution is 7.13. The number of benzene rings is 2. The van der Waals surface area contributed by atoms with Gasteiger partial charge in [0.05, 0.1) is 18.8 Å². The van der Waals surface area contributed by atoms with Gasteiger partial charge in [0.1, 0.15) is 10.8 Å². The van der Waals surface area contributed by atoms with E-state index in [0.717, 1.165) is 12.8 Å². The Balaban J connectivity index is 1.46. The molecular formula is C21H20ClN5O3S. The molecule has 0 radical (unpaired) electrons. The van der Waals surface area contributed by atoms with Gasteiger partial charge in [-0.15, -0.1) is 10.2 Å². The predicted octanol–water partition coefficient (Wildman–Crippen LogP) is 4.82. The maximum absolute atomic E-state index is 12.9. The maximum Gasteiger partial charge on any atom is 0.322 e. The zero-order valence-electron chi connectivity index (χ0n) is 16.7. The van der Waals surface area contributed by atoms with Crippen LogP contribution in [-0.2, 0) is 0 Å². The van der Waals surface area contributed by atoms with Gasteiger partial charge in [0.15, 0.2) is 0 Å². The van der Waals surface area contributed by atoms with Gasteiger partial charge in [-0.2, -0.15) is 0 Å². The minimum absolute atomic E-state index is 0.229. The minimum atomic E-state index is -0.367. The van der Waals surface area contributed by atoms with Crippen LogP contribution < -0.4 is 15.4 Å². The van der Waals surface area contributed by atoms with E-state index >= 15 is 0 Å². The number of methoxy groups -OCH3 is 1. The van der Waals surface area contributed by atoms with Crippen LogP contribution in [0, 0.1) is 0 Å². The topological polar surface area (TPSA) is 96.4 Å². The normalized spacial score (nSPS) is 15.5. The Morgan fingerprint density at radius 3 is 2.81 bits per heavy atom. The van der Waals surface area contributed by atoms with Crippen LogP contribution >= 0.6 is 22.9 Å². The quantitative estimate of drug-likeness (QED) is 0.572. The van der Waals surface area contributed by atoms with Gasteiger partial charge in [-0.05, 0) is 43.2 Å². The van der Waals surface area contributed by atoms with Crippen molar-refractivity contribution in [3.8, 4) is 5.75 Å². The predicted molar refractivity (Wildman–Crippen MR) is 120 cm³/mol. The molecule has 0 aliphatic carbocycles. The molecule has 1 aliphatic rings. The second kappa shape index (κ2) is 9.32. The lowest BCUT2D eigenvalue weighted by Gasteiger charge is -2.23. The van der Waals surface area contributed by atoms with E-state index in [1.807, 2.05) is 12.1 Å². The highest BCUT2D eigenvalue weighted by Crippen LogP contribution is 2.35. The molecular weight excluding hydrogens is 438 g/mol. The van der Waals surface area contributed by atoms with Crippen LogP contribution in [0.5, 0.6) is 5.75 Å². The van der Waals surface area contributed by atoms with Crippen LogP contribution in [-0.4, -0.2) is 40.7 Å². The molecule has 160 valence electrons. The molecule has 1 aromatic heterocycles. The smallest absolute Gasteiger partial charge is 0.322 e. The number of aromatic nitrogens is 2. The summed E-state index contributed by atoms with van der Waals surface area (Å²) in [6, 6.07) is 13.6. The van der Waals surface area contributed by atoms with Crippen LogP contribution in [0.15, 0.2) is 48.5 Å². The Kier molecular flexibility index (Phi) is 6.34. The third kappa shape index (κ3) is 4.78. The Bertz CT molecular complexity index is 1110. The third-order valence-electron chi connectivity index (χ3n) is 4.86. The van der Waals surface area contributed by atoms with Gasteiger partial charge in [0, 0.05) is 17.3 Å². The standard InChI is InChI=1S/C21H20ClN5O3S/c1-30-17-10-3-2-8-15(17)24-21(29)27-11-5-9-16(27)19-25-26-20(31-19)18(28)23-14-7-4-6-13(22)12-14/h2-4,6-8,10,12,16H,5,9,11H2,1H3,(H,23,28)(H,24,29)/t16-/m1/s1. The lowest BCUT2D eigenvalue weighted by molar-refractivity contribution is 0.102. The van der Waals surface area contributed by atoms with Crippen LogP contribution in [0.2, 0.25) is 5.02 Å². The van der Waals surface area contributed by atoms with Crippen molar-refractivity contribution in [1.82, 2.24) is 15.1 Å². The number of para-hydroxylation sites is 2. The van der Waals surface area contributed by atoms with Gasteiger partial charge in [-0.1, -0.05) is 41.1 Å². The number of hydrogen-bond acceptors (Lipinski definition) is 6. The Morgan fingerprint density at radius 2 is 2.00 bits per heavy atom. The van der Waals surface area contributed by atoms with Crippen LogP contribution in [0.4, 0.5) is 16.2 Å². The van der Waals surface area contributed by atoms with E-state index in [0.29, 0.717) is 33.7 Å². The van der Waals surface area contributed by atoms with Crippen LogP contribution in [0.25, 0.3) is 0 Å². The summed E-state index contributed by atoms with van der Waals surface area (Å²) < 4.78 is 5.30. The average Bonchev–Trinajstić information content (AvgIpc) is 3.44. The molecule has 2 aromatic carbocycles. The highest BCUT2D eigenvalue weighted by atomic mass is 35.5. The maximum atomic E-state index is 12.9. The molecule has 4 rings (SSSR count). The summed E-state index contributed by atoms with van der Waals surface area (Å²) >= 11 is 7.14. The van der Waals surface area contributed by atoms with E-state index < -0.39 is 0 Å². The summed E-state index contributed by atoms with van der Waals surface area (Å²) in [7, 11) is 1.56. The largest absolute Gasteiger partial charge is 0.495 e. The average molecular weight is 458 g/mol. The van der Waals surface area contributed by atoms with Crippen LogP contribution in [0.3, 0.4) is 0 Å². The van der Waals surface area contributed by atoms with Crippen LogP contribution in [0.1, 0.15) is 33.7 Å². The van der Waals surface area contributed by atoms with Gasteiger partial charge in [-0.25, -0.2) is 4.79 Å². The molecule has 2 heterocycles. The number of nitrogens with one attached hydrogen (secondary N) is 2. The summed E-state index contributed by atoms with van der Waals surface area (Å²) in [5.41, 5.74) is 1.17. The Morgan fingerprint density at radius 1 is 1.16 bits per heavy atom. The number of hydrogen-bond donors (Lipinski definition) is 2. The summed E-state index contributed by atoms with van der Waals surface area (Å²) in [6.07, 6.45) is 1.59. The van der Waals surface area contributed by atoms with Crippen molar-refractivity contribution < 1.29 is 14.3 Å². The first-order chi connectivity index (χ1) is 15.0. The molecule has 31 heavy (non-hydrogen) atoms. The number of likely N-dealkylation sites (tertiary alicyclic amines) is 1. The molecule has 1 fully saturated rings. The molecule has 3 amide bonds. The Hall–Kier alpha value is -3.17. The molecule has 0 saturated carbocycles. The first-order valence-electron chi connectivity index (χ1n) is 9.66. The number of urea groups is 1. The molecule has 0 bridgehead atoms. The van der Waals surface area contributed by atoms with Gasteiger partial charge < -0.3 is 20.3 Å². The number of carbonyl (C=O) groups excluding carboxylic acids is 2. The minimum Gasteiger partial charge on any atom is -0.495 e. The molecule has 8 nitrogen and oxygen atoms in total. The summed E-state index contributed by atoms with van der Waals surface area (Å²) in [5.74, 6) is 0.219. The number of rotatable bonds is 5. The number of ether oxygens (including phenoxy) is 1. The molecule has 10 heteroatoms. The fourth-order valence-electron chi connectivity index (χ4n) is 3.41. The van der Waals surface area contributed by atoms with Gasteiger partial charge >= 0.3 is 6.03 Å². The fourth-order valence-corrected chi connectivity index (χ4v) is 4.49. The molecule has 0 spiro atoms. The lowest BCUT2D eigenvalue weighted by Crippen LogP contribution is -2.34. The second-order valence-electron chi connectivity index (χ2n) is 6.89. The van der Waals surface area contributed by atoms with Gasteiger partial charge in [-0.3, -0.25) is 4.79 Å². The number of carbonyl (C=O) groups is 2. The van der Waals surface area contributed by atoms with Crippen molar-refractivity contribution in [2.24, 2.45) is 0 Å². The molecule has 3 aromatic rings. The van der Waals surface area contributed by atoms with Crippen molar-refractivity contribution >= 4 is 46.3 Å². The highest BCUT2D eigenvalue weighted by Gasteiger charge is 2.33. The van der Waals surface area contributed by atoms with Crippen molar-refractivity contribution in [3.05, 3.63) is 63.6 Å². The lowest BCUT2D eigenvalue weighted by atomic mass is 10.2. The van der Waals surface area contributed by atoms with E-state index in [4.69, 9.17) is 16.3 Å². The van der Waals surface area contributed by atoms with E-state index in [2.05, 4.69) is 20.8 Å². The zero-order valence-corrected chi connectivity index (χ0v) is 18.2. The summed E-state index contributed by atoms with van der Waals surface area (Å²) in [5, 5.41) is 15.3. The van der Waals surface area contributed by atoms with E-state index in [1.54, 1.807) is 48.4 Å². The Labute approximate surface area is 188 Å². The van der Waals surface area contributed by atoms with Crippen molar-refractivity contribution in [2.75, 3.05) is 24.3 Å². The van der Waals surface area contributed by atoms with E-state index in [-0.39, 0.29) is 23.0 Å². The number of nitrogens with zero attached hydrogens (tertiary/aromatic N) is 3. The summed E-state index contributed by atoms with van der Waals surface area (Å²) in [6.45, 7) is 0.593. The van der Waals surface area contributed by atoms with Gasteiger partial charge in [0.2, 0.25) is 5.01 Å². The molecule has 1 saturated heterocycles. The molecule has 1 aliphatic heterocycles. The fraction of sp³-hybridized carbons (Fsp3) is 0.238. The molecule has 0 unspecified atom stereocenters. The van der Waals surface area contributed by atoms with Crippen molar-refractivity contribution in [1.29, 1.82) is 0 Å². The van der Waals surface area contributed by atoms with E-state index in [1.165, 1.54) is 11.3 Å². The second-order valence-corrected chi connectivity index (χ2v) is 8.34. The zero-order chi connectivity index (χ0) is 21.8. The van der Waals surface area contributed by atoms with Crippen molar-refractivity contribution in [3.63, 3.8) is 0 Å².